The molecule has 0 amide bonds. The molecule has 0 N–H and O–H groups in total. The summed E-state index contributed by atoms with van der Waals surface area (Å²) in [5.74, 6) is 0.863. The topological polar surface area (TPSA) is 32.8 Å². The van der Waals surface area contributed by atoms with E-state index < -0.39 is 0 Å². The number of nitrogens with zero attached hydrogens (tertiary/aromatic N) is 2. The van der Waals surface area contributed by atoms with Crippen LogP contribution in [0.15, 0.2) is 18.2 Å². The first-order valence-electron chi connectivity index (χ1n) is 7.22. The fourth-order valence-electron chi connectivity index (χ4n) is 2.67. The number of piperazine rings is 1. The number of benzene rings is 1. The van der Waals surface area contributed by atoms with Gasteiger partial charge in [0.15, 0.2) is 0 Å². The van der Waals surface area contributed by atoms with Crippen molar-refractivity contribution in [1.82, 2.24) is 9.80 Å². The fraction of sp³-hybridized carbons (Fsp3) is 0.562. The molecule has 0 unspecified atom stereocenters. The molecule has 110 valence electrons. The Labute approximate surface area is 121 Å². The molecule has 1 aliphatic rings. The standard InChI is InChI=1S/C16H24N2O2/c1-13(2)18-8-6-17(7-9-18)11-15-10-14(12-19)4-5-16(15)20-3/h4-5,10,12-13H,6-9,11H2,1-3H3. The average Bonchev–Trinajstić information content (AvgIpc) is 2.47. The largest absolute Gasteiger partial charge is 0.496 e. The van der Waals surface area contributed by atoms with Crippen LogP contribution in [0.2, 0.25) is 0 Å². The summed E-state index contributed by atoms with van der Waals surface area (Å²) in [7, 11) is 1.68. The predicted octanol–water partition coefficient (Wildman–Crippen LogP) is 2.03. The Morgan fingerprint density at radius 2 is 1.95 bits per heavy atom. The minimum atomic E-state index is 0.616. The maximum Gasteiger partial charge on any atom is 0.150 e. The van der Waals surface area contributed by atoms with Gasteiger partial charge in [0.1, 0.15) is 12.0 Å². The normalized spacial score (nSPS) is 17.4. The monoisotopic (exact) mass is 276 g/mol. The molecule has 2 rings (SSSR count). The Hall–Kier alpha value is -1.39. The molecular weight excluding hydrogens is 252 g/mol. The Bertz CT molecular complexity index is 452. The van der Waals surface area contributed by atoms with Crippen LogP contribution in [-0.4, -0.2) is 55.4 Å². The molecule has 0 saturated carbocycles. The lowest BCUT2D eigenvalue weighted by Gasteiger charge is -2.37. The summed E-state index contributed by atoms with van der Waals surface area (Å²) < 4.78 is 5.39. The molecule has 1 aliphatic heterocycles. The zero-order chi connectivity index (χ0) is 14.5. The zero-order valence-corrected chi connectivity index (χ0v) is 12.6. The number of hydrogen-bond acceptors (Lipinski definition) is 4. The van der Waals surface area contributed by atoms with Gasteiger partial charge >= 0.3 is 0 Å². The molecular formula is C16H24N2O2. The van der Waals surface area contributed by atoms with Gasteiger partial charge in [0.2, 0.25) is 0 Å². The highest BCUT2D eigenvalue weighted by atomic mass is 16.5. The van der Waals surface area contributed by atoms with Gasteiger partial charge in [-0.25, -0.2) is 0 Å². The molecule has 0 aliphatic carbocycles. The molecule has 4 nitrogen and oxygen atoms in total. The Morgan fingerprint density at radius 3 is 2.50 bits per heavy atom. The van der Waals surface area contributed by atoms with Crippen molar-refractivity contribution in [3.05, 3.63) is 29.3 Å². The van der Waals surface area contributed by atoms with Crippen LogP contribution in [-0.2, 0) is 6.54 Å². The molecule has 0 bridgehead atoms. The van der Waals surface area contributed by atoms with Gasteiger partial charge in [-0.2, -0.15) is 0 Å². The van der Waals surface area contributed by atoms with Gasteiger partial charge in [0, 0.05) is 49.9 Å². The highest BCUT2D eigenvalue weighted by molar-refractivity contribution is 5.75. The van der Waals surface area contributed by atoms with E-state index in [4.69, 9.17) is 4.74 Å². The van der Waals surface area contributed by atoms with E-state index >= 15 is 0 Å². The number of carbonyl (C=O) groups excluding carboxylic acids is 1. The smallest absolute Gasteiger partial charge is 0.150 e. The van der Waals surface area contributed by atoms with Crippen molar-refractivity contribution >= 4 is 6.29 Å². The van der Waals surface area contributed by atoms with Gasteiger partial charge in [-0.3, -0.25) is 14.6 Å². The summed E-state index contributed by atoms with van der Waals surface area (Å²) >= 11 is 0. The third kappa shape index (κ3) is 3.58. The maximum atomic E-state index is 10.9. The van der Waals surface area contributed by atoms with Crippen molar-refractivity contribution in [1.29, 1.82) is 0 Å². The Balaban J connectivity index is 2.01. The van der Waals surface area contributed by atoms with Crippen LogP contribution in [0, 0.1) is 0 Å². The second-order valence-electron chi connectivity index (χ2n) is 5.60. The number of ether oxygens (including phenoxy) is 1. The van der Waals surface area contributed by atoms with Crippen molar-refractivity contribution in [2.24, 2.45) is 0 Å². The predicted molar refractivity (Wildman–Crippen MR) is 80.4 cm³/mol. The van der Waals surface area contributed by atoms with Crippen molar-refractivity contribution in [3.63, 3.8) is 0 Å². The SMILES string of the molecule is COc1ccc(C=O)cc1CN1CCN(C(C)C)CC1. The van der Waals surface area contributed by atoms with E-state index in [1.807, 2.05) is 12.1 Å². The van der Waals surface area contributed by atoms with Crippen molar-refractivity contribution in [2.75, 3.05) is 33.3 Å². The quantitative estimate of drug-likeness (QED) is 0.771. The maximum absolute atomic E-state index is 10.9. The molecule has 20 heavy (non-hydrogen) atoms. The molecule has 1 heterocycles. The van der Waals surface area contributed by atoms with E-state index in [0.29, 0.717) is 11.6 Å². The van der Waals surface area contributed by atoms with Gasteiger partial charge < -0.3 is 4.74 Å². The van der Waals surface area contributed by atoms with Gasteiger partial charge in [0.25, 0.3) is 0 Å². The number of hydrogen-bond donors (Lipinski definition) is 0. The number of aldehydes is 1. The van der Waals surface area contributed by atoms with Crippen molar-refractivity contribution in [2.45, 2.75) is 26.4 Å². The minimum absolute atomic E-state index is 0.616. The Kier molecular flexibility index (Phi) is 5.15. The molecule has 1 aromatic rings. The zero-order valence-electron chi connectivity index (χ0n) is 12.6. The van der Waals surface area contributed by atoms with Crippen LogP contribution in [0.4, 0.5) is 0 Å². The highest BCUT2D eigenvalue weighted by Gasteiger charge is 2.19. The van der Waals surface area contributed by atoms with E-state index in [2.05, 4.69) is 23.6 Å². The van der Waals surface area contributed by atoms with Gasteiger partial charge in [-0.1, -0.05) is 0 Å². The molecule has 1 saturated heterocycles. The lowest BCUT2D eigenvalue weighted by molar-refractivity contribution is 0.103. The van der Waals surface area contributed by atoms with Crippen LogP contribution in [0.1, 0.15) is 29.8 Å². The first-order valence-corrected chi connectivity index (χ1v) is 7.22. The van der Waals surface area contributed by atoms with Gasteiger partial charge in [-0.05, 0) is 32.0 Å². The van der Waals surface area contributed by atoms with E-state index in [1.165, 1.54) is 0 Å². The van der Waals surface area contributed by atoms with Gasteiger partial charge in [-0.15, -0.1) is 0 Å². The van der Waals surface area contributed by atoms with E-state index in [1.54, 1.807) is 13.2 Å². The van der Waals surface area contributed by atoms with Crippen LogP contribution in [0.5, 0.6) is 5.75 Å². The lowest BCUT2D eigenvalue weighted by atomic mass is 10.1. The molecule has 1 fully saturated rings. The summed E-state index contributed by atoms with van der Waals surface area (Å²) in [5, 5.41) is 0. The van der Waals surface area contributed by atoms with E-state index in [0.717, 1.165) is 50.3 Å². The second-order valence-corrected chi connectivity index (χ2v) is 5.60. The van der Waals surface area contributed by atoms with Crippen molar-refractivity contribution in [3.8, 4) is 5.75 Å². The first-order chi connectivity index (χ1) is 9.63. The minimum Gasteiger partial charge on any atom is -0.496 e. The third-order valence-corrected chi connectivity index (χ3v) is 3.97. The third-order valence-electron chi connectivity index (χ3n) is 3.97. The first kappa shape index (κ1) is 15.0. The number of carbonyl (C=O) groups is 1. The van der Waals surface area contributed by atoms with Crippen LogP contribution >= 0.6 is 0 Å². The van der Waals surface area contributed by atoms with Gasteiger partial charge in [0.05, 0.1) is 7.11 Å². The van der Waals surface area contributed by atoms with E-state index in [-0.39, 0.29) is 0 Å². The van der Waals surface area contributed by atoms with Crippen molar-refractivity contribution < 1.29 is 9.53 Å². The number of methoxy groups -OCH3 is 1. The molecule has 1 aromatic carbocycles. The van der Waals surface area contributed by atoms with E-state index in [9.17, 15) is 4.79 Å². The Morgan fingerprint density at radius 1 is 1.25 bits per heavy atom. The summed E-state index contributed by atoms with van der Waals surface area (Å²) in [6.07, 6.45) is 0.889. The molecule has 4 heteroatoms. The van der Waals surface area contributed by atoms with Crippen LogP contribution in [0.25, 0.3) is 0 Å². The fourth-order valence-corrected chi connectivity index (χ4v) is 2.67. The molecule has 0 atom stereocenters. The molecule has 0 radical (unpaired) electrons. The average molecular weight is 276 g/mol. The summed E-state index contributed by atoms with van der Waals surface area (Å²) in [4.78, 5) is 15.8. The summed E-state index contributed by atoms with van der Waals surface area (Å²) in [5.41, 5.74) is 1.80. The number of rotatable bonds is 5. The lowest BCUT2D eigenvalue weighted by Crippen LogP contribution is -2.48. The van der Waals surface area contributed by atoms with Crippen LogP contribution in [0.3, 0.4) is 0 Å². The molecule has 0 aromatic heterocycles. The van der Waals surface area contributed by atoms with Crippen LogP contribution < -0.4 is 4.74 Å². The highest BCUT2D eigenvalue weighted by Crippen LogP contribution is 2.22. The molecule has 0 spiro atoms. The summed E-state index contributed by atoms with van der Waals surface area (Å²) in [6, 6.07) is 6.22. The second kappa shape index (κ2) is 6.86. The summed E-state index contributed by atoms with van der Waals surface area (Å²) in [6.45, 7) is 9.66.